The smallest absolute Gasteiger partial charge is 0.0648 e. The lowest BCUT2D eigenvalue weighted by molar-refractivity contribution is 0.154. The summed E-state index contributed by atoms with van der Waals surface area (Å²) in [6, 6.07) is 0. The summed E-state index contributed by atoms with van der Waals surface area (Å²) in [6.07, 6.45) is 6.18. The summed E-state index contributed by atoms with van der Waals surface area (Å²) >= 11 is 0. The molecule has 0 aromatic carbocycles. The molecule has 0 rings (SSSR count). The van der Waals surface area contributed by atoms with Gasteiger partial charge in [0, 0.05) is 13.2 Å². The van der Waals surface area contributed by atoms with Crippen molar-refractivity contribution in [2.75, 3.05) is 26.4 Å². The van der Waals surface area contributed by atoms with Crippen molar-refractivity contribution in [2.45, 2.75) is 26.7 Å². The third kappa shape index (κ3) is 9.66. The monoisotopic (exact) mass is 172 g/mol. The van der Waals surface area contributed by atoms with Gasteiger partial charge < -0.3 is 9.47 Å². The summed E-state index contributed by atoms with van der Waals surface area (Å²) in [5, 5.41) is 0. The van der Waals surface area contributed by atoms with Crippen LogP contribution in [0.3, 0.4) is 0 Å². The zero-order valence-corrected chi connectivity index (χ0v) is 8.21. The number of rotatable bonds is 8. The van der Waals surface area contributed by atoms with E-state index in [2.05, 4.69) is 13.8 Å². The van der Waals surface area contributed by atoms with Crippen LogP contribution in [0.4, 0.5) is 0 Å². The Morgan fingerprint density at radius 2 is 1.25 bits per heavy atom. The summed E-state index contributed by atoms with van der Waals surface area (Å²) in [5.41, 5.74) is 0. The first kappa shape index (κ1) is 11.7. The lowest BCUT2D eigenvalue weighted by atomic mass is 10.5. The second kappa shape index (κ2) is 10.7. The summed E-state index contributed by atoms with van der Waals surface area (Å²) in [4.78, 5) is 0. The van der Waals surface area contributed by atoms with Crippen LogP contribution in [0.1, 0.15) is 26.7 Å². The van der Waals surface area contributed by atoms with E-state index in [4.69, 9.17) is 9.47 Å². The second-order valence-electron chi connectivity index (χ2n) is 2.62. The van der Waals surface area contributed by atoms with Gasteiger partial charge in [0.2, 0.25) is 0 Å². The minimum atomic E-state index is 0.712. The van der Waals surface area contributed by atoms with Gasteiger partial charge in [-0.05, 0) is 12.8 Å². The minimum absolute atomic E-state index is 0.712. The van der Waals surface area contributed by atoms with Crippen molar-refractivity contribution in [3.8, 4) is 0 Å². The third-order valence-corrected chi connectivity index (χ3v) is 1.29. The van der Waals surface area contributed by atoms with Crippen LogP contribution >= 0.6 is 0 Å². The van der Waals surface area contributed by atoms with Gasteiger partial charge in [-0.15, -0.1) is 0 Å². The highest BCUT2D eigenvalue weighted by Gasteiger charge is 1.81. The molecule has 0 aromatic heterocycles. The van der Waals surface area contributed by atoms with Crippen LogP contribution in [-0.2, 0) is 9.47 Å². The lowest BCUT2D eigenvalue weighted by Crippen LogP contribution is -1.94. The molecule has 0 atom stereocenters. The molecule has 0 saturated heterocycles. The standard InChI is InChI=1S/C10H20O2/c1-3-7-11-9-5-6-10-12-8-4-2/h5-6H,3-4,7-10H2,1-2H3/b6-5-. The average Bonchev–Trinajstić information content (AvgIpc) is 2.10. The Labute approximate surface area is 75.6 Å². The van der Waals surface area contributed by atoms with Gasteiger partial charge in [0.15, 0.2) is 0 Å². The fourth-order valence-electron chi connectivity index (χ4n) is 0.728. The van der Waals surface area contributed by atoms with Gasteiger partial charge in [-0.2, -0.15) is 0 Å². The molecule has 0 aliphatic rings. The molecule has 0 aliphatic heterocycles. The molecule has 0 radical (unpaired) electrons. The van der Waals surface area contributed by atoms with Crippen molar-refractivity contribution in [2.24, 2.45) is 0 Å². The molecular weight excluding hydrogens is 152 g/mol. The number of hydrogen-bond acceptors (Lipinski definition) is 2. The van der Waals surface area contributed by atoms with Crippen molar-refractivity contribution in [1.82, 2.24) is 0 Å². The van der Waals surface area contributed by atoms with Gasteiger partial charge >= 0.3 is 0 Å². The first-order valence-corrected chi connectivity index (χ1v) is 4.72. The van der Waals surface area contributed by atoms with Crippen molar-refractivity contribution in [3.05, 3.63) is 12.2 Å². The number of hydrogen-bond donors (Lipinski definition) is 0. The van der Waals surface area contributed by atoms with E-state index in [0.29, 0.717) is 13.2 Å². The molecule has 12 heavy (non-hydrogen) atoms. The minimum Gasteiger partial charge on any atom is -0.377 e. The fourth-order valence-corrected chi connectivity index (χ4v) is 0.728. The van der Waals surface area contributed by atoms with Gasteiger partial charge in [0.1, 0.15) is 0 Å². The van der Waals surface area contributed by atoms with E-state index in [9.17, 15) is 0 Å². The maximum Gasteiger partial charge on any atom is 0.0648 e. The van der Waals surface area contributed by atoms with Crippen molar-refractivity contribution in [3.63, 3.8) is 0 Å². The van der Waals surface area contributed by atoms with Crippen molar-refractivity contribution in [1.29, 1.82) is 0 Å². The highest BCUT2D eigenvalue weighted by Crippen LogP contribution is 1.84. The van der Waals surface area contributed by atoms with Crippen molar-refractivity contribution >= 4 is 0 Å². The maximum absolute atomic E-state index is 5.25. The summed E-state index contributed by atoms with van der Waals surface area (Å²) in [7, 11) is 0. The van der Waals surface area contributed by atoms with E-state index >= 15 is 0 Å². The molecule has 0 fully saturated rings. The van der Waals surface area contributed by atoms with Gasteiger partial charge in [-0.3, -0.25) is 0 Å². The zero-order chi connectivity index (χ0) is 9.07. The maximum atomic E-state index is 5.25. The Bertz CT molecular complexity index is 88.0. The van der Waals surface area contributed by atoms with Crippen LogP contribution in [0.15, 0.2) is 12.2 Å². The topological polar surface area (TPSA) is 18.5 Å². The summed E-state index contributed by atoms with van der Waals surface area (Å²) in [5.74, 6) is 0. The Morgan fingerprint density at radius 3 is 1.58 bits per heavy atom. The predicted molar refractivity (Wildman–Crippen MR) is 51.4 cm³/mol. The SMILES string of the molecule is CCCOC/C=C\COCCC. The molecule has 0 bridgehead atoms. The Morgan fingerprint density at radius 1 is 0.833 bits per heavy atom. The Kier molecular flexibility index (Phi) is 10.4. The molecule has 2 heteroatoms. The van der Waals surface area contributed by atoms with Gasteiger partial charge in [-0.25, -0.2) is 0 Å². The molecule has 0 heterocycles. The third-order valence-electron chi connectivity index (χ3n) is 1.29. The quantitative estimate of drug-likeness (QED) is 0.413. The molecule has 0 spiro atoms. The Balaban J connectivity index is 2.93. The molecule has 0 aliphatic carbocycles. The van der Waals surface area contributed by atoms with E-state index in [1.165, 1.54) is 0 Å². The molecule has 2 nitrogen and oxygen atoms in total. The van der Waals surface area contributed by atoms with Gasteiger partial charge in [-0.1, -0.05) is 26.0 Å². The van der Waals surface area contributed by atoms with E-state index in [0.717, 1.165) is 26.1 Å². The number of ether oxygens (including phenoxy) is 2. The van der Waals surface area contributed by atoms with Crippen LogP contribution in [0, 0.1) is 0 Å². The molecule has 72 valence electrons. The van der Waals surface area contributed by atoms with E-state index < -0.39 is 0 Å². The first-order valence-electron chi connectivity index (χ1n) is 4.72. The van der Waals surface area contributed by atoms with Crippen LogP contribution in [0.2, 0.25) is 0 Å². The predicted octanol–water partition coefficient (Wildman–Crippen LogP) is 2.40. The molecule has 0 saturated carbocycles. The molecule has 0 aromatic rings. The first-order chi connectivity index (χ1) is 5.91. The molecule has 0 N–H and O–H groups in total. The highest BCUT2D eigenvalue weighted by atomic mass is 16.5. The summed E-state index contributed by atoms with van der Waals surface area (Å²) < 4.78 is 10.5. The largest absolute Gasteiger partial charge is 0.377 e. The zero-order valence-electron chi connectivity index (χ0n) is 8.21. The molecular formula is C10H20O2. The van der Waals surface area contributed by atoms with E-state index in [-0.39, 0.29) is 0 Å². The summed E-state index contributed by atoms with van der Waals surface area (Å²) in [6.45, 7) is 7.33. The van der Waals surface area contributed by atoms with Crippen LogP contribution in [-0.4, -0.2) is 26.4 Å². The van der Waals surface area contributed by atoms with Crippen molar-refractivity contribution < 1.29 is 9.47 Å². The fraction of sp³-hybridized carbons (Fsp3) is 0.800. The average molecular weight is 172 g/mol. The Hall–Kier alpha value is -0.340. The van der Waals surface area contributed by atoms with Crippen LogP contribution in [0.25, 0.3) is 0 Å². The van der Waals surface area contributed by atoms with Crippen LogP contribution < -0.4 is 0 Å². The molecule has 0 amide bonds. The van der Waals surface area contributed by atoms with Gasteiger partial charge in [0.25, 0.3) is 0 Å². The molecule has 0 unspecified atom stereocenters. The highest BCUT2D eigenvalue weighted by molar-refractivity contribution is 4.80. The van der Waals surface area contributed by atoms with Crippen LogP contribution in [0.5, 0.6) is 0 Å². The van der Waals surface area contributed by atoms with E-state index in [1.807, 2.05) is 12.2 Å². The van der Waals surface area contributed by atoms with E-state index in [1.54, 1.807) is 0 Å². The second-order valence-corrected chi connectivity index (χ2v) is 2.62. The normalized spacial score (nSPS) is 11.2. The van der Waals surface area contributed by atoms with Gasteiger partial charge in [0.05, 0.1) is 13.2 Å². The lowest BCUT2D eigenvalue weighted by Gasteiger charge is -1.97.